The average Bonchev–Trinajstić information content (AvgIpc) is 3.20. The highest BCUT2D eigenvalue weighted by Crippen LogP contribution is 2.36. The summed E-state index contributed by atoms with van der Waals surface area (Å²) in [6.07, 6.45) is 3.47. The van der Waals surface area contributed by atoms with Crippen LogP contribution in [0, 0.1) is 12.8 Å². The van der Waals surface area contributed by atoms with Crippen LogP contribution in [0.5, 0.6) is 0 Å². The Morgan fingerprint density at radius 2 is 2.21 bits per heavy atom. The van der Waals surface area contributed by atoms with E-state index in [1.54, 1.807) is 0 Å². The van der Waals surface area contributed by atoms with Gasteiger partial charge in [0.15, 0.2) is 0 Å². The highest BCUT2D eigenvalue weighted by atomic mass is 35.5. The average molecular weight is 283 g/mol. The molecule has 1 saturated carbocycles. The summed E-state index contributed by atoms with van der Waals surface area (Å²) < 4.78 is 5.87. The fraction of sp³-hybridized carbons (Fsp3) is 0.600. The van der Waals surface area contributed by atoms with E-state index in [9.17, 15) is 0 Å². The third-order valence-electron chi connectivity index (χ3n) is 3.70. The number of ether oxygens (including phenoxy) is 1. The van der Waals surface area contributed by atoms with Crippen molar-refractivity contribution in [3.05, 3.63) is 34.3 Å². The normalized spacial score (nSPS) is 18.3. The highest BCUT2D eigenvalue weighted by Gasteiger charge is 2.37. The number of hydrogen-bond donors (Lipinski definition) is 2. The Morgan fingerprint density at radius 1 is 1.47 bits per heavy atom. The van der Waals surface area contributed by atoms with Gasteiger partial charge < -0.3 is 4.74 Å². The van der Waals surface area contributed by atoms with Crippen LogP contribution in [-0.2, 0) is 11.2 Å². The summed E-state index contributed by atoms with van der Waals surface area (Å²) in [4.78, 5) is 0. The smallest absolute Gasteiger partial charge is 0.0772 e. The van der Waals surface area contributed by atoms with E-state index < -0.39 is 0 Å². The third-order valence-corrected chi connectivity index (χ3v) is 4.06. The van der Waals surface area contributed by atoms with E-state index >= 15 is 0 Å². The molecule has 2 atom stereocenters. The van der Waals surface area contributed by atoms with E-state index in [-0.39, 0.29) is 12.1 Å². The lowest BCUT2D eigenvalue weighted by atomic mass is 9.98. The van der Waals surface area contributed by atoms with Crippen molar-refractivity contribution in [1.82, 2.24) is 5.43 Å². The van der Waals surface area contributed by atoms with Gasteiger partial charge in [0, 0.05) is 11.6 Å². The quantitative estimate of drug-likeness (QED) is 0.597. The van der Waals surface area contributed by atoms with Crippen molar-refractivity contribution in [3.8, 4) is 0 Å². The van der Waals surface area contributed by atoms with Crippen molar-refractivity contribution in [2.45, 2.75) is 45.3 Å². The van der Waals surface area contributed by atoms with E-state index in [0.717, 1.165) is 23.6 Å². The van der Waals surface area contributed by atoms with Crippen molar-refractivity contribution in [1.29, 1.82) is 0 Å². The van der Waals surface area contributed by atoms with Crippen LogP contribution in [0.15, 0.2) is 18.2 Å². The summed E-state index contributed by atoms with van der Waals surface area (Å²) in [7, 11) is 0. The molecule has 2 unspecified atom stereocenters. The molecule has 0 spiro atoms. The number of hydrogen-bond acceptors (Lipinski definition) is 3. The number of rotatable bonds is 7. The van der Waals surface area contributed by atoms with Crippen molar-refractivity contribution in [2.75, 3.05) is 6.61 Å². The molecule has 1 aliphatic rings. The number of hydrazine groups is 1. The second-order valence-corrected chi connectivity index (χ2v) is 5.74. The Hall–Kier alpha value is -0.610. The third kappa shape index (κ3) is 3.93. The molecule has 1 fully saturated rings. The minimum Gasteiger partial charge on any atom is -0.377 e. The standard InChI is InChI=1S/C15H23ClN2O/c1-3-19-15(11-6-7-11)14(18-17)9-12-5-4-10(2)8-13(12)16/h4-5,8,11,14-15,18H,3,6-7,9,17H2,1-2H3. The molecule has 0 radical (unpaired) electrons. The fourth-order valence-corrected chi connectivity index (χ4v) is 2.83. The first-order valence-electron chi connectivity index (χ1n) is 6.98. The Balaban J connectivity index is 2.08. The molecule has 0 saturated heterocycles. The zero-order valence-electron chi connectivity index (χ0n) is 11.7. The maximum Gasteiger partial charge on any atom is 0.0772 e. The second-order valence-electron chi connectivity index (χ2n) is 5.33. The van der Waals surface area contributed by atoms with Crippen LogP contribution >= 0.6 is 11.6 Å². The van der Waals surface area contributed by atoms with Crippen molar-refractivity contribution in [3.63, 3.8) is 0 Å². The van der Waals surface area contributed by atoms with Crippen LogP contribution < -0.4 is 11.3 Å². The lowest BCUT2D eigenvalue weighted by molar-refractivity contribution is 0.0192. The molecular weight excluding hydrogens is 260 g/mol. The van der Waals surface area contributed by atoms with E-state index in [0.29, 0.717) is 5.92 Å². The molecule has 3 N–H and O–H groups in total. The summed E-state index contributed by atoms with van der Waals surface area (Å²) in [5.74, 6) is 6.37. The van der Waals surface area contributed by atoms with E-state index in [4.69, 9.17) is 22.2 Å². The van der Waals surface area contributed by atoms with Crippen LogP contribution in [0.3, 0.4) is 0 Å². The van der Waals surface area contributed by atoms with Crippen LogP contribution in [0.2, 0.25) is 5.02 Å². The van der Waals surface area contributed by atoms with Crippen LogP contribution in [0.1, 0.15) is 30.9 Å². The fourth-order valence-electron chi connectivity index (χ4n) is 2.52. The number of nitrogens with one attached hydrogen (secondary N) is 1. The number of aryl methyl sites for hydroxylation is 1. The molecule has 0 aliphatic heterocycles. The maximum atomic E-state index is 6.30. The first kappa shape index (κ1) is 14.8. The zero-order chi connectivity index (χ0) is 13.8. The van der Waals surface area contributed by atoms with Crippen LogP contribution in [0.4, 0.5) is 0 Å². The first-order chi connectivity index (χ1) is 9.15. The van der Waals surface area contributed by atoms with Gasteiger partial charge in [-0.2, -0.15) is 0 Å². The highest BCUT2D eigenvalue weighted by molar-refractivity contribution is 6.31. The van der Waals surface area contributed by atoms with Gasteiger partial charge in [-0.05, 0) is 56.2 Å². The zero-order valence-corrected chi connectivity index (χ0v) is 12.4. The Morgan fingerprint density at radius 3 is 2.74 bits per heavy atom. The molecule has 0 amide bonds. The van der Waals surface area contributed by atoms with Gasteiger partial charge in [0.1, 0.15) is 0 Å². The van der Waals surface area contributed by atoms with Gasteiger partial charge in [0.05, 0.1) is 12.1 Å². The van der Waals surface area contributed by atoms with Crippen molar-refractivity contribution < 1.29 is 4.74 Å². The van der Waals surface area contributed by atoms with Crippen molar-refractivity contribution in [2.24, 2.45) is 11.8 Å². The van der Waals surface area contributed by atoms with Gasteiger partial charge in [-0.3, -0.25) is 11.3 Å². The van der Waals surface area contributed by atoms with E-state index in [1.165, 1.54) is 18.4 Å². The summed E-state index contributed by atoms with van der Waals surface area (Å²) in [6.45, 7) is 4.80. The Kier molecular flexibility index (Phi) is 5.22. The molecule has 1 aromatic rings. The summed E-state index contributed by atoms with van der Waals surface area (Å²) in [5, 5.41) is 0.811. The molecule has 4 heteroatoms. The molecule has 3 nitrogen and oxygen atoms in total. The maximum absolute atomic E-state index is 6.30. The SMILES string of the molecule is CCOC(C1CC1)C(Cc1ccc(C)cc1Cl)NN. The lowest BCUT2D eigenvalue weighted by Gasteiger charge is -2.27. The largest absolute Gasteiger partial charge is 0.377 e. The predicted octanol–water partition coefficient (Wildman–Crippen LogP) is 2.84. The molecule has 19 heavy (non-hydrogen) atoms. The minimum atomic E-state index is 0.118. The molecule has 1 aliphatic carbocycles. The van der Waals surface area contributed by atoms with Gasteiger partial charge in [-0.15, -0.1) is 0 Å². The minimum absolute atomic E-state index is 0.118. The molecule has 0 bridgehead atoms. The molecule has 2 rings (SSSR count). The van der Waals surface area contributed by atoms with E-state index in [2.05, 4.69) is 17.6 Å². The lowest BCUT2D eigenvalue weighted by Crippen LogP contribution is -2.47. The Bertz CT molecular complexity index is 421. The van der Waals surface area contributed by atoms with Gasteiger partial charge in [-0.25, -0.2) is 0 Å². The Labute approximate surface area is 120 Å². The van der Waals surface area contributed by atoms with Gasteiger partial charge >= 0.3 is 0 Å². The number of halogens is 1. The second kappa shape index (κ2) is 6.71. The first-order valence-corrected chi connectivity index (χ1v) is 7.36. The van der Waals surface area contributed by atoms with Crippen molar-refractivity contribution >= 4 is 11.6 Å². The summed E-state index contributed by atoms with van der Waals surface area (Å²) >= 11 is 6.30. The van der Waals surface area contributed by atoms with Crippen LogP contribution in [0.25, 0.3) is 0 Å². The van der Waals surface area contributed by atoms with Gasteiger partial charge in [-0.1, -0.05) is 23.7 Å². The number of benzene rings is 1. The van der Waals surface area contributed by atoms with E-state index in [1.807, 2.05) is 19.9 Å². The molecule has 0 aromatic heterocycles. The van der Waals surface area contributed by atoms with Gasteiger partial charge in [0.2, 0.25) is 0 Å². The predicted molar refractivity (Wildman–Crippen MR) is 79.1 cm³/mol. The summed E-state index contributed by atoms with van der Waals surface area (Å²) in [6, 6.07) is 6.28. The molecule has 1 aromatic carbocycles. The number of nitrogens with two attached hydrogens (primary N) is 1. The monoisotopic (exact) mass is 282 g/mol. The molecule has 0 heterocycles. The summed E-state index contributed by atoms with van der Waals surface area (Å²) in [5.41, 5.74) is 5.22. The van der Waals surface area contributed by atoms with Gasteiger partial charge in [0.25, 0.3) is 0 Å². The molecular formula is C15H23ClN2O. The topological polar surface area (TPSA) is 47.3 Å². The molecule has 106 valence electrons. The van der Waals surface area contributed by atoms with Crippen LogP contribution in [-0.4, -0.2) is 18.8 Å².